The van der Waals surface area contributed by atoms with Gasteiger partial charge in [0.05, 0.1) is 17.6 Å². The standard InChI is InChI=1S/C30H31FN10/c1-19-7-24(9-25-8-20(2)37-38-25)36-30(35-19)23-4-6-28(33-14-23)39-17-26-10-27(18-39)40(26)15-21-3-5-29(32-12-21)41-16-22(11-31)13-34-41/h3-8,12-14,16,26-27H,9-11,15,17-18H2,1-2H3,(H,37,38). The number of hydrogen-bond acceptors (Lipinski definition) is 8. The maximum Gasteiger partial charge on any atom is 0.161 e. The van der Waals surface area contributed by atoms with Gasteiger partial charge in [0.25, 0.3) is 0 Å². The number of piperazine rings is 1. The number of nitrogens with zero attached hydrogens (tertiary/aromatic N) is 9. The first-order chi connectivity index (χ1) is 20.0. The van der Waals surface area contributed by atoms with Crippen molar-refractivity contribution in [3.63, 3.8) is 0 Å². The zero-order chi connectivity index (χ0) is 27.9. The van der Waals surface area contributed by atoms with E-state index in [4.69, 9.17) is 9.97 Å². The van der Waals surface area contributed by atoms with Gasteiger partial charge in [0.15, 0.2) is 11.6 Å². The highest BCUT2D eigenvalue weighted by Gasteiger charge is 2.44. The molecule has 11 heteroatoms. The number of alkyl halides is 1. The Morgan fingerprint density at radius 3 is 2.41 bits per heavy atom. The molecule has 3 aliphatic rings. The third-order valence-corrected chi connectivity index (χ3v) is 7.90. The molecule has 2 atom stereocenters. The molecule has 5 aromatic heterocycles. The first-order valence-electron chi connectivity index (χ1n) is 13.9. The maximum atomic E-state index is 12.8. The molecule has 208 valence electrons. The van der Waals surface area contributed by atoms with Crippen LogP contribution in [0.5, 0.6) is 0 Å². The van der Waals surface area contributed by atoms with E-state index in [2.05, 4.69) is 53.3 Å². The van der Waals surface area contributed by atoms with E-state index >= 15 is 0 Å². The predicted molar refractivity (Wildman–Crippen MR) is 152 cm³/mol. The van der Waals surface area contributed by atoms with Gasteiger partial charge in [0, 0.05) is 79.2 Å². The summed E-state index contributed by atoms with van der Waals surface area (Å²) in [4.78, 5) is 23.7. The van der Waals surface area contributed by atoms with Crippen LogP contribution in [0.3, 0.4) is 0 Å². The normalized spacial score (nSPS) is 18.5. The van der Waals surface area contributed by atoms with Crippen LogP contribution in [0.4, 0.5) is 10.2 Å². The molecule has 0 saturated carbocycles. The van der Waals surface area contributed by atoms with Gasteiger partial charge >= 0.3 is 0 Å². The van der Waals surface area contributed by atoms with Crippen LogP contribution >= 0.6 is 0 Å². The monoisotopic (exact) mass is 550 g/mol. The van der Waals surface area contributed by atoms with Crippen molar-refractivity contribution in [2.45, 2.75) is 52.0 Å². The Labute approximate surface area is 237 Å². The molecule has 3 saturated heterocycles. The molecule has 3 fully saturated rings. The van der Waals surface area contributed by atoms with Gasteiger partial charge in [0.2, 0.25) is 0 Å². The molecule has 8 heterocycles. The molecule has 0 aliphatic carbocycles. The number of aromatic nitrogens is 8. The lowest BCUT2D eigenvalue weighted by Gasteiger charge is -2.56. The highest BCUT2D eigenvalue weighted by molar-refractivity contribution is 5.57. The fourth-order valence-corrected chi connectivity index (χ4v) is 5.85. The number of anilines is 1. The summed E-state index contributed by atoms with van der Waals surface area (Å²) >= 11 is 0. The first kappa shape index (κ1) is 25.5. The third-order valence-electron chi connectivity index (χ3n) is 7.90. The van der Waals surface area contributed by atoms with Crippen LogP contribution in [-0.2, 0) is 19.6 Å². The lowest BCUT2D eigenvalue weighted by Crippen LogP contribution is -2.68. The van der Waals surface area contributed by atoms with Crippen molar-refractivity contribution in [2.24, 2.45) is 0 Å². The zero-order valence-corrected chi connectivity index (χ0v) is 23.1. The largest absolute Gasteiger partial charge is 0.353 e. The molecule has 41 heavy (non-hydrogen) atoms. The molecule has 2 bridgehead atoms. The van der Waals surface area contributed by atoms with Gasteiger partial charge in [-0.05, 0) is 56.2 Å². The number of fused-ring (bicyclic) bond motifs is 2. The number of rotatable bonds is 8. The van der Waals surface area contributed by atoms with Crippen molar-refractivity contribution in [1.29, 1.82) is 0 Å². The summed E-state index contributed by atoms with van der Waals surface area (Å²) in [5.74, 6) is 2.37. The summed E-state index contributed by atoms with van der Waals surface area (Å²) in [5.41, 5.74) is 6.49. The Morgan fingerprint density at radius 2 is 1.73 bits per heavy atom. The molecule has 0 aromatic carbocycles. The minimum Gasteiger partial charge on any atom is -0.353 e. The molecular weight excluding hydrogens is 519 g/mol. The summed E-state index contributed by atoms with van der Waals surface area (Å²) in [6.07, 6.45) is 8.84. The predicted octanol–water partition coefficient (Wildman–Crippen LogP) is 3.98. The fraction of sp³-hybridized carbons (Fsp3) is 0.333. The number of aromatic amines is 1. The van der Waals surface area contributed by atoms with E-state index in [0.29, 0.717) is 35.7 Å². The van der Waals surface area contributed by atoms with Crippen LogP contribution in [0.15, 0.2) is 61.2 Å². The molecule has 0 amide bonds. The maximum absolute atomic E-state index is 12.8. The minimum atomic E-state index is -0.526. The molecule has 5 aromatic rings. The van der Waals surface area contributed by atoms with E-state index in [9.17, 15) is 4.39 Å². The van der Waals surface area contributed by atoms with Crippen molar-refractivity contribution >= 4 is 5.82 Å². The van der Waals surface area contributed by atoms with E-state index in [1.165, 1.54) is 12.6 Å². The van der Waals surface area contributed by atoms with Gasteiger partial charge in [-0.2, -0.15) is 10.2 Å². The Kier molecular flexibility index (Phi) is 6.50. The average molecular weight is 551 g/mol. The van der Waals surface area contributed by atoms with Gasteiger partial charge in [-0.15, -0.1) is 0 Å². The Bertz CT molecular complexity index is 1650. The van der Waals surface area contributed by atoms with Gasteiger partial charge < -0.3 is 4.90 Å². The van der Waals surface area contributed by atoms with Crippen LogP contribution in [-0.4, -0.2) is 70.0 Å². The van der Waals surface area contributed by atoms with Crippen LogP contribution in [0.1, 0.15) is 40.3 Å². The summed E-state index contributed by atoms with van der Waals surface area (Å²) in [7, 11) is 0. The zero-order valence-electron chi connectivity index (χ0n) is 23.1. The van der Waals surface area contributed by atoms with E-state index in [0.717, 1.165) is 59.4 Å². The second kappa shape index (κ2) is 10.5. The molecule has 0 spiro atoms. The minimum absolute atomic E-state index is 0.487. The number of H-pyrrole nitrogens is 1. The van der Waals surface area contributed by atoms with E-state index < -0.39 is 6.67 Å². The van der Waals surface area contributed by atoms with Gasteiger partial charge in [-0.1, -0.05) is 6.07 Å². The number of nitrogens with one attached hydrogen (secondary N) is 1. The smallest absolute Gasteiger partial charge is 0.161 e. The number of piperidine rings is 1. The third kappa shape index (κ3) is 5.20. The number of pyridine rings is 2. The SMILES string of the molecule is Cc1cc(Cc2cc(C)[nH]n2)nc(-c2ccc(N3CC4CC(C3)N4Cc3ccc(-n4cc(CF)cn4)nc3)nc2)n1. The van der Waals surface area contributed by atoms with Crippen molar-refractivity contribution in [3.05, 3.63) is 95.1 Å². The summed E-state index contributed by atoms with van der Waals surface area (Å²) in [5, 5.41) is 11.5. The molecule has 10 nitrogen and oxygen atoms in total. The summed E-state index contributed by atoms with van der Waals surface area (Å²) in [6.45, 7) is 6.22. The number of aryl methyl sites for hydroxylation is 2. The summed E-state index contributed by atoms with van der Waals surface area (Å²) < 4.78 is 14.4. The average Bonchev–Trinajstić information content (AvgIpc) is 3.65. The van der Waals surface area contributed by atoms with Gasteiger partial charge in [-0.3, -0.25) is 10.00 Å². The van der Waals surface area contributed by atoms with Crippen LogP contribution < -0.4 is 4.90 Å². The van der Waals surface area contributed by atoms with Crippen molar-refractivity contribution in [2.75, 3.05) is 18.0 Å². The van der Waals surface area contributed by atoms with Crippen LogP contribution in [0.25, 0.3) is 17.2 Å². The molecule has 3 aliphatic heterocycles. The van der Waals surface area contributed by atoms with Crippen LogP contribution in [0, 0.1) is 13.8 Å². The fourth-order valence-electron chi connectivity index (χ4n) is 5.85. The highest BCUT2D eigenvalue weighted by Crippen LogP contribution is 2.35. The molecule has 2 unspecified atom stereocenters. The topological polar surface area (TPSA) is 105 Å². The molecular formula is C30H31FN10. The second-order valence-electron chi connectivity index (χ2n) is 11.0. The molecule has 0 radical (unpaired) electrons. The lowest BCUT2D eigenvalue weighted by molar-refractivity contribution is -0.00875. The highest BCUT2D eigenvalue weighted by atomic mass is 19.1. The number of hydrogen-bond donors (Lipinski definition) is 1. The van der Waals surface area contributed by atoms with E-state index in [-0.39, 0.29) is 0 Å². The quantitative estimate of drug-likeness (QED) is 0.309. The van der Waals surface area contributed by atoms with E-state index in [1.807, 2.05) is 44.4 Å². The Balaban J connectivity index is 0.983. The first-order valence-corrected chi connectivity index (χ1v) is 13.9. The Morgan fingerprint density at radius 1 is 0.902 bits per heavy atom. The lowest BCUT2D eigenvalue weighted by atomic mass is 9.87. The molecule has 8 rings (SSSR count). The van der Waals surface area contributed by atoms with Crippen molar-refractivity contribution < 1.29 is 4.39 Å². The van der Waals surface area contributed by atoms with Gasteiger partial charge in [-0.25, -0.2) is 29.0 Å². The molecule has 1 N–H and O–H groups in total. The van der Waals surface area contributed by atoms with E-state index in [1.54, 1.807) is 10.9 Å². The second-order valence-corrected chi connectivity index (χ2v) is 11.0. The van der Waals surface area contributed by atoms with Crippen LogP contribution in [0.2, 0.25) is 0 Å². The van der Waals surface area contributed by atoms with Gasteiger partial charge in [0.1, 0.15) is 12.5 Å². The van der Waals surface area contributed by atoms with Crippen molar-refractivity contribution in [3.8, 4) is 17.2 Å². The Hall–Kier alpha value is -4.51. The number of halogens is 1. The van der Waals surface area contributed by atoms with Crippen molar-refractivity contribution in [1.82, 2.24) is 44.8 Å². The summed E-state index contributed by atoms with van der Waals surface area (Å²) in [6, 6.07) is 13.2.